The Balaban J connectivity index is 1.66. The van der Waals surface area contributed by atoms with Gasteiger partial charge in [-0.25, -0.2) is 0 Å². The van der Waals surface area contributed by atoms with Gasteiger partial charge < -0.3 is 9.64 Å². The van der Waals surface area contributed by atoms with Crippen LogP contribution in [0.4, 0.5) is 0 Å². The third kappa shape index (κ3) is 5.29. The van der Waals surface area contributed by atoms with E-state index in [1.807, 2.05) is 11.0 Å². The number of amides is 1. The summed E-state index contributed by atoms with van der Waals surface area (Å²) in [5.41, 5.74) is 1.34. The second kappa shape index (κ2) is 9.16. The van der Waals surface area contributed by atoms with Crippen molar-refractivity contribution in [2.75, 3.05) is 19.8 Å². The molecular formula is C18H26ClNO2. The second-order valence-electron chi connectivity index (χ2n) is 5.96. The van der Waals surface area contributed by atoms with Crippen LogP contribution in [-0.2, 0) is 16.0 Å². The predicted molar refractivity (Wildman–Crippen MR) is 90.2 cm³/mol. The monoisotopic (exact) mass is 323 g/mol. The first-order valence-corrected chi connectivity index (χ1v) is 8.65. The minimum atomic E-state index is -0.110. The highest BCUT2D eigenvalue weighted by Gasteiger charge is 2.30. The maximum Gasteiger partial charge on any atom is 0.219 e. The fraction of sp³-hybridized carbons (Fsp3) is 0.611. The zero-order valence-electron chi connectivity index (χ0n) is 13.3. The first kappa shape index (κ1) is 17.3. The van der Waals surface area contributed by atoms with Gasteiger partial charge in [-0.2, -0.15) is 0 Å². The lowest BCUT2D eigenvalue weighted by Gasteiger charge is -2.37. The van der Waals surface area contributed by atoms with Crippen LogP contribution < -0.4 is 0 Å². The molecule has 4 heteroatoms. The number of carbonyl (C=O) groups is 1. The highest BCUT2D eigenvalue weighted by molar-refractivity contribution is 6.21. The average molecular weight is 324 g/mol. The fourth-order valence-corrected chi connectivity index (χ4v) is 3.41. The van der Waals surface area contributed by atoms with Crippen LogP contribution in [0.5, 0.6) is 0 Å². The number of piperidine rings is 1. The summed E-state index contributed by atoms with van der Waals surface area (Å²) in [4.78, 5) is 13.6. The van der Waals surface area contributed by atoms with Gasteiger partial charge in [0.2, 0.25) is 5.91 Å². The summed E-state index contributed by atoms with van der Waals surface area (Å²) < 4.78 is 5.73. The fourth-order valence-electron chi connectivity index (χ4n) is 3.05. The minimum absolute atomic E-state index is 0.110. The topological polar surface area (TPSA) is 29.5 Å². The van der Waals surface area contributed by atoms with Crippen molar-refractivity contribution in [3.05, 3.63) is 35.9 Å². The van der Waals surface area contributed by atoms with Crippen LogP contribution in [0.25, 0.3) is 0 Å². The van der Waals surface area contributed by atoms with Crippen LogP contribution in [0.1, 0.15) is 38.2 Å². The summed E-state index contributed by atoms with van der Waals surface area (Å²) in [6.07, 6.45) is 5.23. The molecule has 22 heavy (non-hydrogen) atoms. The van der Waals surface area contributed by atoms with Crippen molar-refractivity contribution >= 4 is 17.5 Å². The Bertz CT molecular complexity index is 452. The Kier molecular flexibility index (Phi) is 7.20. The van der Waals surface area contributed by atoms with E-state index in [4.69, 9.17) is 16.3 Å². The van der Waals surface area contributed by atoms with Crippen molar-refractivity contribution in [1.29, 1.82) is 0 Å². The van der Waals surface area contributed by atoms with E-state index in [0.29, 0.717) is 13.2 Å². The van der Waals surface area contributed by atoms with Crippen molar-refractivity contribution < 1.29 is 9.53 Å². The molecule has 122 valence electrons. The molecule has 1 aromatic rings. The lowest BCUT2D eigenvalue weighted by molar-refractivity contribution is -0.132. The highest BCUT2D eigenvalue weighted by Crippen LogP contribution is 2.23. The van der Waals surface area contributed by atoms with Crippen molar-refractivity contribution in [1.82, 2.24) is 4.90 Å². The number of alkyl halides is 1. The third-order valence-corrected chi connectivity index (χ3v) is 4.66. The van der Waals surface area contributed by atoms with Gasteiger partial charge in [-0.3, -0.25) is 4.79 Å². The SMILES string of the molecule is CC(=O)N1CCCC[C@H]1[C@H](Cl)COCCCc1ccccc1. The van der Waals surface area contributed by atoms with E-state index >= 15 is 0 Å². The molecule has 1 aliphatic rings. The molecule has 0 bridgehead atoms. The van der Waals surface area contributed by atoms with Crippen molar-refractivity contribution in [3.63, 3.8) is 0 Å². The van der Waals surface area contributed by atoms with Crippen LogP contribution in [0, 0.1) is 0 Å². The van der Waals surface area contributed by atoms with Gasteiger partial charge in [0.05, 0.1) is 18.0 Å². The molecular weight excluding hydrogens is 298 g/mol. The van der Waals surface area contributed by atoms with E-state index in [9.17, 15) is 4.79 Å². The summed E-state index contributed by atoms with van der Waals surface area (Å²) in [5, 5.41) is -0.110. The van der Waals surface area contributed by atoms with Gasteiger partial charge in [-0.1, -0.05) is 30.3 Å². The number of aryl methyl sites for hydroxylation is 1. The number of ether oxygens (including phenoxy) is 1. The number of halogens is 1. The average Bonchev–Trinajstić information content (AvgIpc) is 2.55. The zero-order valence-corrected chi connectivity index (χ0v) is 14.1. The summed E-state index contributed by atoms with van der Waals surface area (Å²) in [6.45, 7) is 3.69. The number of hydrogen-bond donors (Lipinski definition) is 0. The van der Waals surface area contributed by atoms with E-state index in [-0.39, 0.29) is 17.3 Å². The highest BCUT2D eigenvalue weighted by atomic mass is 35.5. The molecule has 0 unspecified atom stereocenters. The molecule has 1 fully saturated rings. The molecule has 0 N–H and O–H groups in total. The van der Waals surface area contributed by atoms with Gasteiger partial charge in [-0.05, 0) is 37.7 Å². The number of nitrogens with zero attached hydrogens (tertiary/aromatic N) is 1. The van der Waals surface area contributed by atoms with Gasteiger partial charge in [0.1, 0.15) is 0 Å². The minimum Gasteiger partial charge on any atom is -0.380 e. The van der Waals surface area contributed by atoms with Crippen molar-refractivity contribution in [2.24, 2.45) is 0 Å². The molecule has 0 spiro atoms. The molecule has 1 saturated heterocycles. The number of hydrogen-bond acceptors (Lipinski definition) is 2. The van der Waals surface area contributed by atoms with Crippen LogP contribution in [0.2, 0.25) is 0 Å². The van der Waals surface area contributed by atoms with E-state index in [1.54, 1.807) is 6.92 Å². The summed E-state index contributed by atoms with van der Waals surface area (Å²) in [6, 6.07) is 10.5. The van der Waals surface area contributed by atoms with E-state index in [2.05, 4.69) is 24.3 Å². The molecule has 2 rings (SSSR count). The Labute approximate surface area is 138 Å². The molecule has 0 aromatic heterocycles. The number of likely N-dealkylation sites (tertiary alicyclic amines) is 1. The van der Waals surface area contributed by atoms with Gasteiger partial charge >= 0.3 is 0 Å². The first-order chi connectivity index (χ1) is 10.7. The number of carbonyl (C=O) groups excluding carboxylic acids is 1. The molecule has 1 amide bonds. The Morgan fingerprint density at radius 2 is 2.14 bits per heavy atom. The Morgan fingerprint density at radius 3 is 2.86 bits per heavy atom. The van der Waals surface area contributed by atoms with E-state index in [0.717, 1.165) is 38.6 Å². The second-order valence-corrected chi connectivity index (χ2v) is 6.52. The van der Waals surface area contributed by atoms with Gasteiger partial charge in [0.15, 0.2) is 0 Å². The van der Waals surface area contributed by atoms with Gasteiger partial charge in [0, 0.05) is 20.1 Å². The molecule has 1 aromatic carbocycles. The predicted octanol–water partition coefficient (Wildman–Crippen LogP) is 3.64. The molecule has 3 nitrogen and oxygen atoms in total. The molecule has 0 radical (unpaired) electrons. The number of benzene rings is 1. The maximum atomic E-state index is 11.7. The van der Waals surface area contributed by atoms with Gasteiger partial charge in [-0.15, -0.1) is 11.6 Å². The van der Waals surface area contributed by atoms with Crippen molar-refractivity contribution in [3.8, 4) is 0 Å². The Hall–Kier alpha value is -1.06. The molecule has 2 atom stereocenters. The lowest BCUT2D eigenvalue weighted by atomic mass is 9.99. The first-order valence-electron chi connectivity index (χ1n) is 8.21. The zero-order chi connectivity index (χ0) is 15.8. The molecule has 0 saturated carbocycles. The lowest BCUT2D eigenvalue weighted by Crippen LogP contribution is -2.48. The summed E-state index contributed by atoms with van der Waals surface area (Å²) in [7, 11) is 0. The van der Waals surface area contributed by atoms with Crippen LogP contribution in [0.3, 0.4) is 0 Å². The van der Waals surface area contributed by atoms with E-state index < -0.39 is 0 Å². The van der Waals surface area contributed by atoms with Crippen LogP contribution >= 0.6 is 11.6 Å². The quantitative estimate of drug-likeness (QED) is 0.566. The number of rotatable bonds is 7. The third-order valence-electron chi connectivity index (χ3n) is 4.25. The van der Waals surface area contributed by atoms with Crippen molar-refractivity contribution in [2.45, 2.75) is 50.4 Å². The Morgan fingerprint density at radius 1 is 1.36 bits per heavy atom. The maximum absolute atomic E-state index is 11.7. The molecule has 0 aliphatic carbocycles. The van der Waals surface area contributed by atoms with E-state index in [1.165, 1.54) is 5.56 Å². The standard InChI is InChI=1S/C18H26ClNO2/c1-15(21)20-12-6-5-11-18(20)17(19)14-22-13-7-10-16-8-3-2-4-9-16/h2-4,8-9,17-18H,5-7,10-14H2,1H3/t17-,18+/m1/s1. The largest absolute Gasteiger partial charge is 0.380 e. The summed E-state index contributed by atoms with van der Waals surface area (Å²) >= 11 is 6.48. The van der Waals surface area contributed by atoms with Crippen LogP contribution in [0.15, 0.2) is 30.3 Å². The smallest absolute Gasteiger partial charge is 0.219 e. The van der Waals surface area contributed by atoms with Crippen LogP contribution in [-0.4, -0.2) is 42.0 Å². The summed E-state index contributed by atoms with van der Waals surface area (Å²) in [5.74, 6) is 0.124. The normalized spacial score (nSPS) is 19.9. The molecule has 1 aliphatic heterocycles. The van der Waals surface area contributed by atoms with Gasteiger partial charge in [0.25, 0.3) is 0 Å². The molecule has 1 heterocycles.